The van der Waals surface area contributed by atoms with Crippen LogP contribution in [0.15, 0.2) is 36.5 Å². The Balaban J connectivity index is 2.41. The second kappa shape index (κ2) is 5.31. The van der Waals surface area contributed by atoms with E-state index in [0.29, 0.717) is 12.1 Å². The summed E-state index contributed by atoms with van der Waals surface area (Å²) in [5.74, 6) is -0.669. The summed E-state index contributed by atoms with van der Waals surface area (Å²) in [6, 6.07) is 9.88. The molecule has 0 unspecified atom stereocenters. The van der Waals surface area contributed by atoms with Crippen molar-refractivity contribution in [2.24, 2.45) is 0 Å². The monoisotopic (exact) mass is 257 g/mol. The van der Waals surface area contributed by atoms with Crippen LogP contribution in [-0.2, 0) is 6.54 Å². The van der Waals surface area contributed by atoms with E-state index in [-0.39, 0.29) is 5.92 Å². The Kier molecular flexibility index (Phi) is 3.74. The van der Waals surface area contributed by atoms with Gasteiger partial charge in [0.2, 0.25) is 0 Å². The Morgan fingerprint density at radius 3 is 2.53 bits per heavy atom. The number of rotatable bonds is 4. The highest BCUT2D eigenvalue weighted by atomic mass is 16.4. The number of hydrogen-bond donors (Lipinski definition) is 1. The maximum atomic E-state index is 11.2. The van der Waals surface area contributed by atoms with E-state index in [1.165, 1.54) is 11.1 Å². The molecule has 19 heavy (non-hydrogen) atoms. The van der Waals surface area contributed by atoms with Crippen molar-refractivity contribution in [3.8, 4) is 0 Å². The van der Waals surface area contributed by atoms with E-state index in [4.69, 9.17) is 0 Å². The molecule has 0 saturated heterocycles. The van der Waals surface area contributed by atoms with Crippen LogP contribution in [0, 0.1) is 6.92 Å². The smallest absolute Gasteiger partial charge is 0.337 e. The van der Waals surface area contributed by atoms with Crippen molar-refractivity contribution in [3.05, 3.63) is 58.9 Å². The summed E-state index contributed by atoms with van der Waals surface area (Å²) in [5.41, 5.74) is 3.74. The van der Waals surface area contributed by atoms with Crippen LogP contribution in [-0.4, -0.2) is 15.6 Å². The first-order valence-corrected chi connectivity index (χ1v) is 6.47. The fraction of sp³-hybridized carbons (Fsp3) is 0.312. The largest absolute Gasteiger partial charge is 0.478 e. The highest BCUT2D eigenvalue weighted by molar-refractivity contribution is 5.89. The maximum Gasteiger partial charge on any atom is 0.337 e. The molecule has 0 saturated carbocycles. The third kappa shape index (κ3) is 2.70. The van der Waals surface area contributed by atoms with Crippen LogP contribution in [0.2, 0.25) is 0 Å². The number of carboxylic acid groups (broad SMARTS) is 1. The molecular formula is C16H19NO2. The number of aromatic nitrogens is 1. The second-order valence-corrected chi connectivity index (χ2v) is 5.13. The molecule has 0 aliphatic rings. The summed E-state index contributed by atoms with van der Waals surface area (Å²) in [6.07, 6.45) is 1.87. The molecule has 0 bridgehead atoms. The lowest BCUT2D eigenvalue weighted by Crippen LogP contribution is -2.10. The van der Waals surface area contributed by atoms with Crippen molar-refractivity contribution in [1.29, 1.82) is 0 Å². The average Bonchev–Trinajstić information content (AvgIpc) is 2.76. The summed E-state index contributed by atoms with van der Waals surface area (Å²) in [5, 5.41) is 9.24. The molecule has 2 rings (SSSR count). The highest BCUT2D eigenvalue weighted by Gasteiger charge is 2.17. The molecule has 0 fully saturated rings. The van der Waals surface area contributed by atoms with Gasteiger partial charge in [0, 0.05) is 18.4 Å². The van der Waals surface area contributed by atoms with Crippen molar-refractivity contribution in [2.45, 2.75) is 33.2 Å². The van der Waals surface area contributed by atoms with Crippen molar-refractivity contribution in [3.63, 3.8) is 0 Å². The summed E-state index contributed by atoms with van der Waals surface area (Å²) < 4.78 is 2.04. The van der Waals surface area contributed by atoms with Gasteiger partial charge in [-0.25, -0.2) is 4.79 Å². The molecular weight excluding hydrogens is 238 g/mol. The van der Waals surface area contributed by atoms with Crippen LogP contribution in [0.5, 0.6) is 0 Å². The molecule has 0 atom stereocenters. The first-order valence-electron chi connectivity index (χ1n) is 6.47. The quantitative estimate of drug-likeness (QED) is 0.908. The Morgan fingerprint density at radius 2 is 1.95 bits per heavy atom. The van der Waals surface area contributed by atoms with Crippen LogP contribution in [0.4, 0.5) is 0 Å². The van der Waals surface area contributed by atoms with Gasteiger partial charge in [-0.15, -0.1) is 0 Å². The molecule has 100 valence electrons. The predicted molar refractivity (Wildman–Crippen MR) is 75.8 cm³/mol. The van der Waals surface area contributed by atoms with Gasteiger partial charge < -0.3 is 9.67 Å². The topological polar surface area (TPSA) is 42.2 Å². The van der Waals surface area contributed by atoms with Crippen LogP contribution in [0.1, 0.15) is 46.9 Å². The molecule has 0 aliphatic heterocycles. The van der Waals surface area contributed by atoms with Gasteiger partial charge in [0.25, 0.3) is 0 Å². The number of carbonyl (C=O) groups is 1. The van der Waals surface area contributed by atoms with Gasteiger partial charge in [0.15, 0.2) is 0 Å². The lowest BCUT2D eigenvalue weighted by Gasteiger charge is -2.14. The van der Waals surface area contributed by atoms with Gasteiger partial charge in [0.1, 0.15) is 0 Å². The number of benzene rings is 1. The SMILES string of the molecule is Cc1ccccc1Cn1ccc(C(=O)O)c1C(C)C. The summed E-state index contributed by atoms with van der Waals surface area (Å²) in [4.78, 5) is 11.2. The van der Waals surface area contributed by atoms with E-state index in [9.17, 15) is 9.90 Å². The number of hydrogen-bond acceptors (Lipinski definition) is 1. The number of aryl methyl sites for hydroxylation is 1. The van der Waals surface area contributed by atoms with E-state index >= 15 is 0 Å². The average molecular weight is 257 g/mol. The van der Waals surface area contributed by atoms with Crippen LogP contribution in [0.25, 0.3) is 0 Å². The number of aromatic carboxylic acids is 1. The van der Waals surface area contributed by atoms with Crippen LogP contribution in [0.3, 0.4) is 0 Å². The number of nitrogens with zero attached hydrogens (tertiary/aromatic N) is 1. The molecule has 0 aliphatic carbocycles. The molecule has 1 aromatic carbocycles. The molecule has 0 amide bonds. The van der Waals surface area contributed by atoms with Crippen molar-refractivity contribution < 1.29 is 9.90 Å². The Hall–Kier alpha value is -2.03. The van der Waals surface area contributed by atoms with Gasteiger partial charge in [-0.2, -0.15) is 0 Å². The first-order chi connectivity index (χ1) is 9.00. The molecule has 0 radical (unpaired) electrons. The minimum atomic E-state index is -0.854. The Labute approximate surface area is 113 Å². The van der Waals surface area contributed by atoms with E-state index in [0.717, 1.165) is 5.69 Å². The molecule has 1 N–H and O–H groups in total. The lowest BCUT2D eigenvalue weighted by atomic mass is 10.0. The predicted octanol–water partition coefficient (Wildman–Crippen LogP) is 3.67. The van der Waals surface area contributed by atoms with Crippen LogP contribution < -0.4 is 0 Å². The highest BCUT2D eigenvalue weighted by Crippen LogP contribution is 2.23. The van der Waals surface area contributed by atoms with Gasteiger partial charge >= 0.3 is 5.97 Å². The maximum absolute atomic E-state index is 11.2. The minimum absolute atomic E-state index is 0.185. The molecule has 1 aromatic heterocycles. The van der Waals surface area contributed by atoms with Crippen molar-refractivity contribution >= 4 is 5.97 Å². The zero-order chi connectivity index (χ0) is 14.0. The van der Waals surface area contributed by atoms with E-state index in [2.05, 4.69) is 19.1 Å². The summed E-state index contributed by atoms with van der Waals surface area (Å²) >= 11 is 0. The van der Waals surface area contributed by atoms with Gasteiger partial charge in [-0.3, -0.25) is 0 Å². The van der Waals surface area contributed by atoms with E-state index in [1.807, 2.05) is 36.7 Å². The second-order valence-electron chi connectivity index (χ2n) is 5.13. The Bertz CT molecular complexity index is 597. The van der Waals surface area contributed by atoms with E-state index < -0.39 is 5.97 Å². The zero-order valence-electron chi connectivity index (χ0n) is 11.6. The van der Waals surface area contributed by atoms with Crippen molar-refractivity contribution in [1.82, 2.24) is 4.57 Å². The fourth-order valence-electron chi connectivity index (χ4n) is 2.42. The first kappa shape index (κ1) is 13.4. The van der Waals surface area contributed by atoms with Gasteiger partial charge in [-0.1, -0.05) is 38.1 Å². The van der Waals surface area contributed by atoms with Gasteiger partial charge in [0.05, 0.1) is 5.56 Å². The van der Waals surface area contributed by atoms with Crippen LogP contribution >= 0.6 is 0 Å². The number of carboxylic acids is 1. The third-order valence-electron chi connectivity index (χ3n) is 3.39. The minimum Gasteiger partial charge on any atom is -0.478 e. The van der Waals surface area contributed by atoms with Crippen molar-refractivity contribution in [2.75, 3.05) is 0 Å². The molecule has 0 spiro atoms. The lowest BCUT2D eigenvalue weighted by molar-refractivity contribution is 0.0695. The normalized spacial score (nSPS) is 10.9. The summed E-state index contributed by atoms with van der Waals surface area (Å²) in [7, 11) is 0. The fourth-order valence-corrected chi connectivity index (χ4v) is 2.42. The Morgan fingerprint density at radius 1 is 1.26 bits per heavy atom. The standard InChI is InChI=1S/C16H19NO2/c1-11(2)15-14(16(18)19)8-9-17(15)10-13-7-5-4-6-12(13)3/h4-9,11H,10H2,1-3H3,(H,18,19). The summed E-state index contributed by atoms with van der Waals surface area (Å²) in [6.45, 7) is 6.84. The van der Waals surface area contributed by atoms with Gasteiger partial charge in [-0.05, 0) is 30.0 Å². The molecule has 3 heteroatoms. The molecule has 2 aromatic rings. The zero-order valence-corrected chi connectivity index (χ0v) is 11.6. The molecule has 1 heterocycles. The third-order valence-corrected chi connectivity index (χ3v) is 3.39. The molecule has 3 nitrogen and oxygen atoms in total. The van der Waals surface area contributed by atoms with E-state index in [1.54, 1.807) is 6.07 Å².